The number of piperazine rings is 1. The van der Waals surface area contributed by atoms with Crippen molar-refractivity contribution in [2.45, 2.75) is 26.2 Å². The fraction of sp³-hybridized carbons (Fsp3) is 0.714. The number of likely N-dealkylation sites (tertiary alicyclic amines) is 1. The minimum Gasteiger partial charge on any atom is -0.359 e. The van der Waals surface area contributed by atoms with Crippen LogP contribution in [0, 0.1) is 5.92 Å². The highest BCUT2D eigenvalue weighted by Crippen LogP contribution is 2.20. The van der Waals surface area contributed by atoms with E-state index in [1.54, 1.807) is 19.4 Å². The zero-order valence-corrected chi connectivity index (χ0v) is 18.4. The summed E-state index contributed by atoms with van der Waals surface area (Å²) in [6.07, 6.45) is 6.32. The second kappa shape index (κ2) is 11.7. The molecule has 0 spiro atoms. The maximum Gasteiger partial charge on any atom is 0.225 e. The summed E-state index contributed by atoms with van der Waals surface area (Å²) in [5.74, 6) is 2.46. The van der Waals surface area contributed by atoms with E-state index >= 15 is 0 Å². The third-order valence-electron chi connectivity index (χ3n) is 5.89. The largest absolute Gasteiger partial charge is 0.359 e. The van der Waals surface area contributed by atoms with Gasteiger partial charge in [-0.3, -0.25) is 14.7 Å². The maximum absolute atomic E-state index is 11.6. The molecule has 1 amide bonds. The van der Waals surface area contributed by atoms with E-state index in [0.717, 1.165) is 83.7 Å². The number of nitrogens with zero attached hydrogens (tertiary/aromatic N) is 6. The van der Waals surface area contributed by atoms with Crippen LogP contribution in [-0.4, -0.2) is 97.6 Å². The predicted molar refractivity (Wildman–Crippen MR) is 120 cm³/mol. The molecule has 1 aromatic heterocycles. The lowest BCUT2D eigenvalue weighted by molar-refractivity contribution is -0.121. The number of aromatic nitrogens is 2. The van der Waals surface area contributed by atoms with Gasteiger partial charge in [0.1, 0.15) is 0 Å². The number of amides is 1. The van der Waals surface area contributed by atoms with Crippen LogP contribution >= 0.6 is 0 Å². The number of anilines is 1. The van der Waals surface area contributed by atoms with E-state index in [9.17, 15) is 4.79 Å². The molecule has 30 heavy (non-hydrogen) atoms. The summed E-state index contributed by atoms with van der Waals surface area (Å²) in [7, 11) is 1.71. The van der Waals surface area contributed by atoms with Crippen LogP contribution in [0.25, 0.3) is 0 Å². The predicted octanol–water partition coefficient (Wildman–Crippen LogP) is 0.412. The van der Waals surface area contributed by atoms with Gasteiger partial charge in [-0.2, -0.15) is 0 Å². The summed E-state index contributed by atoms with van der Waals surface area (Å²) < 4.78 is 0. The monoisotopic (exact) mass is 416 g/mol. The molecular weight excluding hydrogens is 380 g/mol. The van der Waals surface area contributed by atoms with Crippen LogP contribution in [0.2, 0.25) is 0 Å². The van der Waals surface area contributed by atoms with E-state index in [4.69, 9.17) is 4.99 Å². The van der Waals surface area contributed by atoms with Crippen LogP contribution in [0.3, 0.4) is 0 Å². The lowest BCUT2D eigenvalue weighted by atomic mass is 9.93. The number of hydrogen-bond donors (Lipinski definition) is 2. The van der Waals surface area contributed by atoms with Gasteiger partial charge in [0.2, 0.25) is 11.9 Å². The van der Waals surface area contributed by atoms with Crippen molar-refractivity contribution in [1.82, 2.24) is 30.4 Å². The molecule has 0 saturated carbocycles. The summed E-state index contributed by atoms with van der Waals surface area (Å²) in [6.45, 7) is 10.6. The van der Waals surface area contributed by atoms with E-state index in [1.165, 1.54) is 0 Å². The van der Waals surface area contributed by atoms with Gasteiger partial charge in [0.15, 0.2) is 5.96 Å². The van der Waals surface area contributed by atoms with Gasteiger partial charge in [-0.25, -0.2) is 9.97 Å². The molecule has 9 nitrogen and oxygen atoms in total. The molecule has 2 saturated heterocycles. The normalized spacial score (nSPS) is 19.1. The van der Waals surface area contributed by atoms with Crippen LogP contribution in [0.1, 0.15) is 26.2 Å². The third kappa shape index (κ3) is 6.55. The van der Waals surface area contributed by atoms with Gasteiger partial charge in [-0.05, 0) is 31.7 Å². The van der Waals surface area contributed by atoms with Crippen molar-refractivity contribution in [2.75, 3.05) is 70.9 Å². The van der Waals surface area contributed by atoms with Crippen molar-refractivity contribution < 1.29 is 4.79 Å². The highest BCUT2D eigenvalue weighted by molar-refractivity contribution is 5.80. The molecule has 3 rings (SSSR count). The molecule has 9 heteroatoms. The molecule has 2 aliphatic heterocycles. The molecular formula is C21H36N8O. The zero-order chi connectivity index (χ0) is 21.2. The molecule has 0 aliphatic carbocycles. The van der Waals surface area contributed by atoms with Gasteiger partial charge in [0.25, 0.3) is 0 Å². The molecule has 166 valence electrons. The van der Waals surface area contributed by atoms with E-state index in [2.05, 4.69) is 42.2 Å². The Morgan fingerprint density at radius 1 is 1.13 bits per heavy atom. The number of carbonyl (C=O) groups is 1. The van der Waals surface area contributed by atoms with Gasteiger partial charge in [0.05, 0.1) is 6.54 Å². The number of hydrogen-bond acceptors (Lipinski definition) is 6. The maximum atomic E-state index is 11.6. The van der Waals surface area contributed by atoms with E-state index in [0.29, 0.717) is 12.3 Å². The Hall–Kier alpha value is -2.42. The number of nitrogens with one attached hydrogen (secondary N) is 2. The Labute approximate surface area is 179 Å². The standard InChI is InChI=1S/C21H36N8O/c1-3-23-20(28-10-5-18(6-11-28)17-19(30)22-2)26-9-12-27-13-15-29(16-14-27)21-24-7-4-8-25-21/h4,7-8,18H,3,5-6,9-17H2,1-2H3,(H,22,30)(H,23,26). The first-order valence-electron chi connectivity index (χ1n) is 11.2. The summed E-state index contributed by atoms with van der Waals surface area (Å²) in [5.41, 5.74) is 0. The Bertz CT molecular complexity index is 667. The van der Waals surface area contributed by atoms with Gasteiger partial charge < -0.3 is 20.4 Å². The first-order valence-corrected chi connectivity index (χ1v) is 11.2. The van der Waals surface area contributed by atoms with Crippen LogP contribution in [0.4, 0.5) is 5.95 Å². The summed E-state index contributed by atoms with van der Waals surface area (Å²) >= 11 is 0. The lowest BCUT2D eigenvalue weighted by Gasteiger charge is -2.35. The van der Waals surface area contributed by atoms with Crippen LogP contribution < -0.4 is 15.5 Å². The van der Waals surface area contributed by atoms with Gasteiger partial charge in [-0.1, -0.05) is 0 Å². The van der Waals surface area contributed by atoms with Crippen molar-refractivity contribution in [3.05, 3.63) is 18.5 Å². The molecule has 0 aromatic carbocycles. The Kier molecular flexibility index (Phi) is 8.67. The quantitative estimate of drug-likeness (QED) is 0.492. The topological polar surface area (TPSA) is 89.0 Å². The van der Waals surface area contributed by atoms with Crippen molar-refractivity contribution in [3.63, 3.8) is 0 Å². The minimum absolute atomic E-state index is 0.146. The van der Waals surface area contributed by atoms with E-state index in [-0.39, 0.29) is 5.91 Å². The fourth-order valence-corrected chi connectivity index (χ4v) is 4.06. The molecule has 2 fully saturated rings. The number of guanidine groups is 1. The fourth-order valence-electron chi connectivity index (χ4n) is 4.06. The summed E-state index contributed by atoms with van der Waals surface area (Å²) in [4.78, 5) is 32.2. The van der Waals surface area contributed by atoms with Crippen molar-refractivity contribution in [2.24, 2.45) is 10.9 Å². The highest BCUT2D eigenvalue weighted by atomic mass is 16.1. The van der Waals surface area contributed by atoms with E-state index < -0.39 is 0 Å². The first-order chi connectivity index (χ1) is 14.7. The Morgan fingerprint density at radius 2 is 1.83 bits per heavy atom. The number of rotatable bonds is 7. The smallest absolute Gasteiger partial charge is 0.225 e. The summed E-state index contributed by atoms with van der Waals surface area (Å²) in [6, 6.07) is 1.85. The lowest BCUT2D eigenvalue weighted by Crippen LogP contribution is -2.48. The summed E-state index contributed by atoms with van der Waals surface area (Å²) in [5, 5.41) is 6.17. The van der Waals surface area contributed by atoms with Crippen molar-refractivity contribution in [1.29, 1.82) is 0 Å². The molecule has 1 aromatic rings. The number of carbonyl (C=O) groups excluding carboxylic acids is 1. The molecule has 2 N–H and O–H groups in total. The van der Waals surface area contributed by atoms with Crippen LogP contribution in [-0.2, 0) is 4.79 Å². The number of piperidine rings is 1. The zero-order valence-electron chi connectivity index (χ0n) is 18.4. The average molecular weight is 417 g/mol. The third-order valence-corrected chi connectivity index (χ3v) is 5.89. The van der Waals surface area contributed by atoms with Crippen molar-refractivity contribution >= 4 is 17.8 Å². The second-order valence-corrected chi connectivity index (χ2v) is 7.92. The first kappa shape index (κ1) is 22.3. The minimum atomic E-state index is 0.146. The Morgan fingerprint density at radius 3 is 2.47 bits per heavy atom. The highest BCUT2D eigenvalue weighted by Gasteiger charge is 2.23. The molecule has 3 heterocycles. The van der Waals surface area contributed by atoms with Crippen molar-refractivity contribution in [3.8, 4) is 0 Å². The molecule has 2 aliphatic rings. The average Bonchev–Trinajstić information content (AvgIpc) is 2.80. The molecule has 0 unspecified atom stereocenters. The molecule has 0 radical (unpaired) electrons. The second-order valence-electron chi connectivity index (χ2n) is 7.92. The molecule has 0 bridgehead atoms. The SMILES string of the molecule is CCNC(=NCCN1CCN(c2ncccn2)CC1)N1CCC(CC(=O)NC)CC1. The number of aliphatic imine (C=N–C) groups is 1. The van der Waals surface area contributed by atoms with Gasteiger partial charge >= 0.3 is 0 Å². The van der Waals surface area contributed by atoms with Crippen LogP contribution in [0.15, 0.2) is 23.5 Å². The Balaban J connectivity index is 1.42. The molecule has 0 atom stereocenters. The van der Waals surface area contributed by atoms with Gasteiger partial charge in [-0.15, -0.1) is 0 Å². The van der Waals surface area contributed by atoms with Crippen LogP contribution in [0.5, 0.6) is 0 Å². The van der Waals surface area contributed by atoms with Gasteiger partial charge in [0, 0.05) is 78.2 Å². The van der Waals surface area contributed by atoms with E-state index in [1.807, 2.05) is 6.07 Å².